The molecule has 3 rings (SSSR count). The lowest BCUT2D eigenvalue weighted by atomic mass is 10.1. The largest absolute Gasteiger partial charge is 0.343 e. The maximum absolute atomic E-state index is 3.22. The topological polar surface area (TPSA) is 17.0 Å². The summed E-state index contributed by atoms with van der Waals surface area (Å²) in [7, 11) is 2.01. The molecule has 1 N–H and O–H groups in total. The maximum Gasteiger partial charge on any atom is 0.0486 e. The molecule has 0 fully saturated rings. The fraction of sp³-hybridized carbons (Fsp3) is 0.263. The van der Waals surface area contributed by atoms with Gasteiger partial charge in [0, 0.05) is 23.6 Å². The third-order valence-corrected chi connectivity index (χ3v) is 3.97. The lowest BCUT2D eigenvalue weighted by Gasteiger charge is -2.08. The normalized spacial score (nSPS) is 11.1. The number of aromatic nitrogens is 1. The number of hydrogen-bond acceptors (Lipinski definition) is 1. The van der Waals surface area contributed by atoms with E-state index in [4.69, 9.17) is 0 Å². The van der Waals surface area contributed by atoms with Crippen molar-refractivity contribution in [3.05, 3.63) is 71.9 Å². The highest BCUT2D eigenvalue weighted by atomic mass is 14.9. The Morgan fingerprint density at radius 2 is 1.81 bits per heavy atom. The van der Waals surface area contributed by atoms with Crippen LogP contribution in [-0.4, -0.2) is 18.2 Å². The number of hydrogen-bond donors (Lipinski definition) is 1. The first-order valence-corrected chi connectivity index (χ1v) is 7.64. The van der Waals surface area contributed by atoms with Crippen molar-refractivity contribution in [1.82, 2.24) is 9.88 Å². The highest BCUT2D eigenvalue weighted by Gasteiger charge is 2.05. The minimum atomic E-state index is 0.935. The van der Waals surface area contributed by atoms with E-state index in [1.807, 2.05) is 7.05 Å². The van der Waals surface area contributed by atoms with Crippen molar-refractivity contribution >= 4 is 10.9 Å². The Bertz CT molecular complexity index is 698. The Balaban J connectivity index is 1.86. The van der Waals surface area contributed by atoms with Crippen LogP contribution in [0.15, 0.2) is 60.8 Å². The van der Waals surface area contributed by atoms with E-state index in [9.17, 15) is 0 Å². The van der Waals surface area contributed by atoms with E-state index in [0.717, 1.165) is 19.5 Å². The first kappa shape index (κ1) is 13.9. The third-order valence-electron chi connectivity index (χ3n) is 3.97. The molecular formula is C19H22N2. The van der Waals surface area contributed by atoms with Crippen molar-refractivity contribution in [1.29, 1.82) is 0 Å². The second-order valence-electron chi connectivity index (χ2n) is 5.49. The second kappa shape index (κ2) is 6.59. The van der Waals surface area contributed by atoms with Gasteiger partial charge in [-0.25, -0.2) is 0 Å². The van der Waals surface area contributed by atoms with Gasteiger partial charge < -0.3 is 9.88 Å². The fourth-order valence-electron chi connectivity index (χ4n) is 2.88. The summed E-state index contributed by atoms with van der Waals surface area (Å²) in [5.74, 6) is 0. The van der Waals surface area contributed by atoms with E-state index < -0.39 is 0 Å². The summed E-state index contributed by atoms with van der Waals surface area (Å²) in [4.78, 5) is 0. The maximum atomic E-state index is 3.22. The molecule has 0 saturated heterocycles. The number of aryl methyl sites for hydroxylation is 1. The van der Waals surface area contributed by atoms with Crippen LogP contribution in [0.4, 0.5) is 0 Å². The molecule has 0 aliphatic carbocycles. The third kappa shape index (κ3) is 3.17. The second-order valence-corrected chi connectivity index (χ2v) is 5.49. The van der Waals surface area contributed by atoms with Gasteiger partial charge in [0.1, 0.15) is 0 Å². The molecule has 108 valence electrons. The van der Waals surface area contributed by atoms with E-state index in [-0.39, 0.29) is 0 Å². The molecule has 3 aromatic rings. The van der Waals surface area contributed by atoms with Gasteiger partial charge in [0.25, 0.3) is 0 Å². The van der Waals surface area contributed by atoms with E-state index in [2.05, 4.69) is 70.7 Å². The van der Waals surface area contributed by atoms with Gasteiger partial charge in [-0.3, -0.25) is 0 Å². The first-order chi connectivity index (χ1) is 10.4. The van der Waals surface area contributed by atoms with Gasteiger partial charge in [-0.1, -0.05) is 42.5 Å². The predicted octanol–water partition coefficient (Wildman–Crippen LogP) is 3.84. The SMILES string of the molecule is CNCCCc1cccc2c1ccn2Cc1ccccc1. The summed E-state index contributed by atoms with van der Waals surface area (Å²) in [5, 5.41) is 4.61. The molecule has 1 aromatic heterocycles. The minimum absolute atomic E-state index is 0.935. The van der Waals surface area contributed by atoms with E-state index in [1.54, 1.807) is 0 Å². The van der Waals surface area contributed by atoms with Crippen molar-refractivity contribution in [2.75, 3.05) is 13.6 Å². The number of rotatable bonds is 6. The van der Waals surface area contributed by atoms with Gasteiger partial charge >= 0.3 is 0 Å². The quantitative estimate of drug-likeness (QED) is 0.678. The zero-order chi connectivity index (χ0) is 14.5. The van der Waals surface area contributed by atoms with E-state index in [0.29, 0.717) is 0 Å². The standard InChI is InChI=1S/C19H22N2/c1-20-13-6-10-17-9-5-11-19-18(17)12-14-21(19)15-16-7-3-2-4-8-16/h2-5,7-9,11-12,14,20H,6,10,13,15H2,1H3. The van der Waals surface area contributed by atoms with Crippen LogP contribution < -0.4 is 5.32 Å². The van der Waals surface area contributed by atoms with E-state index in [1.165, 1.54) is 28.5 Å². The van der Waals surface area contributed by atoms with Crippen LogP contribution in [0.1, 0.15) is 17.5 Å². The molecule has 0 bridgehead atoms. The van der Waals surface area contributed by atoms with Gasteiger partial charge in [-0.2, -0.15) is 0 Å². The Morgan fingerprint density at radius 1 is 0.952 bits per heavy atom. The van der Waals surface area contributed by atoms with Crippen molar-refractivity contribution < 1.29 is 0 Å². The number of nitrogens with zero attached hydrogens (tertiary/aromatic N) is 1. The van der Waals surface area contributed by atoms with Crippen molar-refractivity contribution in [2.24, 2.45) is 0 Å². The van der Waals surface area contributed by atoms with Crippen LogP contribution in [0.2, 0.25) is 0 Å². The Morgan fingerprint density at radius 3 is 2.62 bits per heavy atom. The smallest absolute Gasteiger partial charge is 0.0486 e. The predicted molar refractivity (Wildman–Crippen MR) is 89.7 cm³/mol. The summed E-state index contributed by atoms with van der Waals surface area (Å²) >= 11 is 0. The van der Waals surface area contributed by atoms with Crippen LogP contribution >= 0.6 is 0 Å². The molecule has 0 amide bonds. The molecule has 0 aliphatic heterocycles. The Labute approximate surface area is 126 Å². The molecule has 0 saturated carbocycles. The summed E-state index contributed by atoms with van der Waals surface area (Å²) in [6.45, 7) is 2.01. The Kier molecular flexibility index (Phi) is 4.37. The molecule has 0 aliphatic rings. The lowest BCUT2D eigenvalue weighted by molar-refractivity contribution is 0.727. The average molecular weight is 278 g/mol. The molecule has 0 unspecified atom stereocenters. The zero-order valence-corrected chi connectivity index (χ0v) is 12.5. The molecule has 0 radical (unpaired) electrons. The monoisotopic (exact) mass is 278 g/mol. The van der Waals surface area contributed by atoms with Crippen LogP contribution in [-0.2, 0) is 13.0 Å². The Hall–Kier alpha value is -2.06. The van der Waals surface area contributed by atoms with Gasteiger partial charge in [-0.15, -0.1) is 0 Å². The van der Waals surface area contributed by atoms with E-state index >= 15 is 0 Å². The number of benzene rings is 2. The molecule has 2 nitrogen and oxygen atoms in total. The summed E-state index contributed by atoms with van der Waals surface area (Å²) in [6.07, 6.45) is 4.52. The number of fused-ring (bicyclic) bond motifs is 1. The van der Waals surface area contributed by atoms with Crippen LogP contribution in [0.3, 0.4) is 0 Å². The molecule has 2 heteroatoms. The van der Waals surface area contributed by atoms with Crippen molar-refractivity contribution in [3.63, 3.8) is 0 Å². The molecule has 1 heterocycles. The molecule has 0 atom stereocenters. The average Bonchev–Trinajstić information content (AvgIpc) is 2.93. The zero-order valence-electron chi connectivity index (χ0n) is 12.5. The minimum Gasteiger partial charge on any atom is -0.343 e. The van der Waals surface area contributed by atoms with Crippen molar-refractivity contribution in [3.8, 4) is 0 Å². The summed E-state index contributed by atoms with van der Waals surface area (Å²) in [5.41, 5.74) is 4.13. The highest BCUT2D eigenvalue weighted by molar-refractivity contribution is 5.83. The fourth-order valence-corrected chi connectivity index (χ4v) is 2.88. The van der Waals surface area contributed by atoms with Crippen LogP contribution in [0.25, 0.3) is 10.9 Å². The van der Waals surface area contributed by atoms with Gasteiger partial charge in [0.15, 0.2) is 0 Å². The van der Waals surface area contributed by atoms with Gasteiger partial charge in [0.05, 0.1) is 0 Å². The molecule has 2 aromatic carbocycles. The van der Waals surface area contributed by atoms with Gasteiger partial charge in [-0.05, 0) is 49.7 Å². The summed E-state index contributed by atoms with van der Waals surface area (Å²) in [6, 6.07) is 19.5. The highest BCUT2D eigenvalue weighted by Crippen LogP contribution is 2.22. The lowest BCUT2D eigenvalue weighted by Crippen LogP contribution is -2.08. The summed E-state index contributed by atoms with van der Waals surface area (Å²) < 4.78 is 2.34. The van der Waals surface area contributed by atoms with Crippen molar-refractivity contribution in [2.45, 2.75) is 19.4 Å². The molecule has 21 heavy (non-hydrogen) atoms. The first-order valence-electron chi connectivity index (χ1n) is 7.64. The van der Waals surface area contributed by atoms with Crippen LogP contribution in [0, 0.1) is 0 Å². The molecular weight excluding hydrogens is 256 g/mol. The molecule has 0 spiro atoms. The number of nitrogens with one attached hydrogen (secondary N) is 1. The van der Waals surface area contributed by atoms with Crippen LogP contribution in [0.5, 0.6) is 0 Å². The van der Waals surface area contributed by atoms with Gasteiger partial charge in [0.2, 0.25) is 0 Å².